The molecule has 3 heterocycles. The highest BCUT2D eigenvalue weighted by molar-refractivity contribution is 5.83. The number of carbonyl (C=O) groups excluding carboxylic acids is 1. The lowest BCUT2D eigenvalue weighted by atomic mass is 10.0. The zero-order chi connectivity index (χ0) is 15.9. The van der Waals surface area contributed by atoms with E-state index < -0.39 is 12.1 Å². The largest absolute Gasteiger partial charge is 0.387 e. The van der Waals surface area contributed by atoms with Gasteiger partial charge in [0.1, 0.15) is 11.6 Å². The maximum atomic E-state index is 12.8. The first kappa shape index (κ1) is 14.9. The number of nitrogens with zero attached hydrogens (tertiary/aromatic N) is 5. The Bertz CT molecular complexity index is 694. The highest BCUT2D eigenvalue weighted by atomic mass is 16.3. The van der Waals surface area contributed by atoms with Crippen LogP contribution in [0.3, 0.4) is 0 Å². The van der Waals surface area contributed by atoms with E-state index in [1.807, 2.05) is 18.7 Å². The van der Waals surface area contributed by atoms with E-state index in [4.69, 9.17) is 0 Å². The first-order valence-corrected chi connectivity index (χ1v) is 7.68. The van der Waals surface area contributed by atoms with Crippen molar-refractivity contribution in [2.45, 2.75) is 51.8 Å². The van der Waals surface area contributed by atoms with Crippen LogP contribution in [0.25, 0.3) is 11.2 Å². The summed E-state index contributed by atoms with van der Waals surface area (Å²) in [7, 11) is 0. The van der Waals surface area contributed by atoms with Crippen molar-refractivity contribution in [2.75, 3.05) is 6.54 Å². The van der Waals surface area contributed by atoms with Crippen molar-refractivity contribution in [1.82, 2.24) is 24.6 Å². The van der Waals surface area contributed by atoms with E-state index in [0.29, 0.717) is 16.9 Å². The number of rotatable bonds is 3. The third-order valence-electron chi connectivity index (χ3n) is 4.13. The minimum atomic E-state index is -0.760. The maximum Gasteiger partial charge on any atom is 0.247 e. The van der Waals surface area contributed by atoms with Gasteiger partial charge in [0.15, 0.2) is 5.65 Å². The van der Waals surface area contributed by atoms with Gasteiger partial charge >= 0.3 is 0 Å². The number of piperidine rings is 1. The average Bonchev–Trinajstić information content (AvgIpc) is 2.86. The molecule has 22 heavy (non-hydrogen) atoms. The Kier molecular flexibility index (Phi) is 3.82. The number of carbonyl (C=O) groups is 1. The van der Waals surface area contributed by atoms with Crippen molar-refractivity contribution >= 4 is 17.1 Å². The lowest BCUT2D eigenvalue weighted by Gasteiger charge is -2.35. The zero-order valence-corrected chi connectivity index (χ0v) is 13.1. The summed E-state index contributed by atoms with van der Waals surface area (Å²) in [5.41, 5.74) is 1.59. The quantitative estimate of drug-likeness (QED) is 0.927. The van der Waals surface area contributed by atoms with Gasteiger partial charge in [-0.3, -0.25) is 4.79 Å². The second kappa shape index (κ2) is 5.64. The van der Waals surface area contributed by atoms with Gasteiger partial charge in [-0.1, -0.05) is 0 Å². The van der Waals surface area contributed by atoms with Gasteiger partial charge < -0.3 is 10.0 Å². The number of fused-ring (bicyclic) bond motifs is 1. The predicted octanol–water partition coefficient (Wildman–Crippen LogP) is 1.45. The summed E-state index contributed by atoms with van der Waals surface area (Å²) >= 11 is 0. The van der Waals surface area contributed by atoms with Gasteiger partial charge in [0, 0.05) is 25.0 Å². The Morgan fingerprint density at radius 1 is 1.27 bits per heavy atom. The number of aliphatic hydroxyl groups excluding tert-OH is 1. The summed E-state index contributed by atoms with van der Waals surface area (Å²) in [5.74, 6) is 0.0518. The number of likely N-dealkylation sites (tertiary alicyclic amines) is 1. The van der Waals surface area contributed by atoms with E-state index in [1.165, 1.54) is 0 Å². The van der Waals surface area contributed by atoms with E-state index in [1.54, 1.807) is 24.0 Å². The molecule has 0 radical (unpaired) electrons. The molecule has 7 heteroatoms. The molecule has 1 amide bonds. The molecule has 0 bridgehead atoms. The van der Waals surface area contributed by atoms with Crippen LogP contribution in [-0.2, 0) is 4.79 Å². The SMILES string of the molecule is CC(C)N1CCCC(n2nc3nccnc3c2[C@H](C)O)C1=O. The molecule has 1 aliphatic rings. The first-order valence-electron chi connectivity index (χ1n) is 7.68. The molecule has 1 saturated heterocycles. The number of aliphatic hydroxyl groups is 1. The predicted molar refractivity (Wildman–Crippen MR) is 81.1 cm³/mol. The van der Waals surface area contributed by atoms with Crippen LogP contribution in [0.15, 0.2) is 12.4 Å². The second-order valence-electron chi connectivity index (χ2n) is 6.02. The van der Waals surface area contributed by atoms with Crippen molar-refractivity contribution in [3.05, 3.63) is 18.1 Å². The van der Waals surface area contributed by atoms with Crippen LogP contribution in [0.4, 0.5) is 0 Å². The zero-order valence-electron chi connectivity index (χ0n) is 13.1. The lowest BCUT2D eigenvalue weighted by Crippen LogP contribution is -2.46. The third-order valence-corrected chi connectivity index (χ3v) is 4.13. The number of hydrogen-bond acceptors (Lipinski definition) is 5. The minimum absolute atomic E-state index is 0.0518. The summed E-state index contributed by atoms with van der Waals surface area (Å²) in [6.45, 7) is 6.46. The number of hydrogen-bond donors (Lipinski definition) is 1. The normalized spacial score (nSPS) is 20.9. The van der Waals surface area contributed by atoms with Crippen molar-refractivity contribution in [3.8, 4) is 0 Å². The molecule has 0 aromatic carbocycles. The minimum Gasteiger partial charge on any atom is -0.387 e. The summed E-state index contributed by atoms with van der Waals surface area (Å²) in [6.07, 6.45) is 4.02. The molecule has 2 aromatic rings. The Morgan fingerprint density at radius 3 is 2.68 bits per heavy atom. The fourth-order valence-electron chi connectivity index (χ4n) is 3.10. The first-order chi connectivity index (χ1) is 10.5. The van der Waals surface area contributed by atoms with E-state index >= 15 is 0 Å². The molecular weight excluding hydrogens is 282 g/mol. The molecule has 2 atom stereocenters. The van der Waals surface area contributed by atoms with E-state index in [9.17, 15) is 9.90 Å². The van der Waals surface area contributed by atoms with Crippen molar-refractivity contribution < 1.29 is 9.90 Å². The Morgan fingerprint density at radius 2 is 2.00 bits per heavy atom. The molecule has 1 aliphatic heterocycles. The molecule has 118 valence electrons. The molecule has 1 fully saturated rings. The fraction of sp³-hybridized carbons (Fsp3) is 0.600. The van der Waals surface area contributed by atoms with Gasteiger partial charge in [-0.05, 0) is 33.6 Å². The standard InChI is InChI=1S/C15H21N5O2/c1-9(2)19-8-4-5-11(15(19)22)20-13(10(3)21)12-14(18-20)17-7-6-16-12/h6-7,9-11,21H,4-5,8H2,1-3H3/t10-,11?/m0/s1. The summed E-state index contributed by atoms with van der Waals surface area (Å²) in [4.78, 5) is 23.1. The van der Waals surface area contributed by atoms with Gasteiger partial charge in [-0.2, -0.15) is 0 Å². The fourth-order valence-corrected chi connectivity index (χ4v) is 3.10. The highest BCUT2D eigenvalue weighted by Crippen LogP contribution is 2.30. The van der Waals surface area contributed by atoms with Crippen LogP contribution in [0.2, 0.25) is 0 Å². The molecule has 0 saturated carbocycles. The lowest BCUT2D eigenvalue weighted by molar-refractivity contribution is -0.139. The Hall–Kier alpha value is -2.02. The molecule has 1 N–H and O–H groups in total. The second-order valence-corrected chi connectivity index (χ2v) is 6.02. The number of amides is 1. The summed E-state index contributed by atoms with van der Waals surface area (Å²) < 4.78 is 1.63. The molecule has 7 nitrogen and oxygen atoms in total. The van der Waals surface area contributed by atoms with Crippen molar-refractivity contribution in [2.24, 2.45) is 0 Å². The van der Waals surface area contributed by atoms with Crippen LogP contribution >= 0.6 is 0 Å². The summed E-state index contributed by atoms with van der Waals surface area (Å²) in [5, 5.41) is 14.6. The van der Waals surface area contributed by atoms with Crippen LogP contribution in [0.1, 0.15) is 51.5 Å². The average molecular weight is 303 g/mol. The van der Waals surface area contributed by atoms with E-state index in [2.05, 4.69) is 15.1 Å². The Labute approximate surface area is 129 Å². The van der Waals surface area contributed by atoms with Gasteiger partial charge in [0.25, 0.3) is 0 Å². The maximum absolute atomic E-state index is 12.8. The van der Waals surface area contributed by atoms with E-state index in [0.717, 1.165) is 19.4 Å². The highest BCUT2D eigenvalue weighted by Gasteiger charge is 2.34. The molecule has 2 aromatic heterocycles. The number of aromatic nitrogens is 4. The monoisotopic (exact) mass is 303 g/mol. The van der Waals surface area contributed by atoms with Crippen molar-refractivity contribution in [3.63, 3.8) is 0 Å². The molecule has 3 rings (SSSR count). The van der Waals surface area contributed by atoms with Crippen LogP contribution in [0.5, 0.6) is 0 Å². The smallest absolute Gasteiger partial charge is 0.247 e. The van der Waals surface area contributed by atoms with Gasteiger partial charge in [-0.15, -0.1) is 5.10 Å². The molecule has 0 aliphatic carbocycles. The van der Waals surface area contributed by atoms with Crippen molar-refractivity contribution in [1.29, 1.82) is 0 Å². The van der Waals surface area contributed by atoms with Gasteiger partial charge in [-0.25, -0.2) is 14.6 Å². The topological polar surface area (TPSA) is 84.1 Å². The van der Waals surface area contributed by atoms with Crippen LogP contribution in [0, 0.1) is 0 Å². The van der Waals surface area contributed by atoms with Crippen LogP contribution in [-0.4, -0.2) is 48.2 Å². The Balaban J connectivity index is 2.09. The van der Waals surface area contributed by atoms with E-state index in [-0.39, 0.29) is 11.9 Å². The van der Waals surface area contributed by atoms with Gasteiger partial charge in [0.2, 0.25) is 5.91 Å². The molecule has 0 spiro atoms. The third kappa shape index (κ3) is 2.35. The van der Waals surface area contributed by atoms with Crippen LogP contribution < -0.4 is 0 Å². The summed E-state index contributed by atoms with van der Waals surface area (Å²) in [6, 6.07) is -0.233. The molecule has 1 unspecified atom stereocenters. The molecular formula is C15H21N5O2. The van der Waals surface area contributed by atoms with Gasteiger partial charge in [0.05, 0.1) is 11.8 Å².